The smallest absolute Gasteiger partial charge is 0.124 e. The predicted molar refractivity (Wildman–Crippen MR) is 130 cm³/mol. The Kier molecular flexibility index (Phi) is 7.06. The van der Waals surface area contributed by atoms with Gasteiger partial charge in [-0.2, -0.15) is 0 Å². The number of hydrogen-bond acceptors (Lipinski definition) is 5. The first-order valence-electron chi connectivity index (χ1n) is 11.1. The summed E-state index contributed by atoms with van der Waals surface area (Å²) in [5, 5.41) is 51.6. The van der Waals surface area contributed by atoms with Crippen LogP contribution in [0.2, 0.25) is 0 Å². The van der Waals surface area contributed by atoms with Crippen molar-refractivity contribution < 1.29 is 25.5 Å². The van der Waals surface area contributed by atoms with Crippen molar-refractivity contribution in [2.24, 2.45) is 0 Å². The van der Waals surface area contributed by atoms with Crippen LogP contribution in [0, 0.1) is 13.8 Å². The first-order valence-corrected chi connectivity index (χ1v) is 11.1. The summed E-state index contributed by atoms with van der Waals surface area (Å²) in [7, 11) is 0. The molecule has 0 amide bonds. The Morgan fingerprint density at radius 2 is 0.848 bits per heavy atom. The van der Waals surface area contributed by atoms with E-state index in [2.05, 4.69) is 20.8 Å². The summed E-state index contributed by atoms with van der Waals surface area (Å²) < 4.78 is 0. The van der Waals surface area contributed by atoms with Gasteiger partial charge in [-0.1, -0.05) is 68.3 Å². The minimum absolute atomic E-state index is 0.0362. The number of aromatic hydroxyl groups is 3. The van der Waals surface area contributed by atoms with Gasteiger partial charge in [0.25, 0.3) is 0 Å². The first-order chi connectivity index (χ1) is 15.4. The molecule has 0 saturated heterocycles. The Labute approximate surface area is 195 Å². The number of aryl methyl sites for hydroxylation is 2. The monoisotopic (exact) mass is 450 g/mol. The molecule has 0 atom stereocenters. The van der Waals surface area contributed by atoms with E-state index in [0.29, 0.717) is 46.2 Å². The number of hydrogen-bond donors (Lipinski definition) is 5. The summed E-state index contributed by atoms with van der Waals surface area (Å²) in [5.74, 6) is 0.184. The molecule has 5 nitrogen and oxygen atoms in total. The maximum absolute atomic E-state index is 11.2. The average Bonchev–Trinajstić information content (AvgIpc) is 2.74. The molecule has 176 valence electrons. The van der Waals surface area contributed by atoms with Crippen LogP contribution in [0.5, 0.6) is 17.2 Å². The third kappa shape index (κ3) is 5.32. The van der Waals surface area contributed by atoms with Gasteiger partial charge < -0.3 is 25.5 Å². The van der Waals surface area contributed by atoms with Crippen molar-refractivity contribution in [1.29, 1.82) is 0 Å². The highest BCUT2D eigenvalue weighted by atomic mass is 16.3. The van der Waals surface area contributed by atoms with Crippen molar-refractivity contribution >= 4 is 0 Å². The highest BCUT2D eigenvalue weighted by Crippen LogP contribution is 2.37. The van der Waals surface area contributed by atoms with Crippen LogP contribution in [0.1, 0.15) is 70.8 Å². The van der Waals surface area contributed by atoms with Crippen molar-refractivity contribution in [2.75, 3.05) is 0 Å². The Morgan fingerprint density at radius 1 is 0.545 bits per heavy atom. The van der Waals surface area contributed by atoms with Gasteiger partial charge in [-0.05, 0) is 47.1 Å². The van der Waals surface area contributed by atoms with Gasteiger partial charge in [0, 0.05) is 24.0 Å². The largest absolute Gasteiger partial charge is 0.507 e. The molecular weight excluding hydrogens is 416 g/mol. The minimum atomic E-state index is -0.264. The molecule has 3 aromatic rings. The van der Waals surface area contributed by atoms with E-state index in [1.165, 1.54) is 0 Å². The molecule has 3 rings (SSSR count). The van der Waals surface area contributed by atoms with E-state index >= 15 is 0 Å². The second kappa shape index (κ2) is 9.46. The van der Waals surface area contributed by atoms with Gasteiger partial charge in [-0.3, -0.25) is 0 Å². The molecule has 3 aromatic carbocycles. The first kappa shape index (κ1) is 24.6. The van der Waals surface area contributed by atoms with Crippen LogP contribution in [0.25, 0.3) is 0 Å². The number of benzene rings is 3. The van der Waals surface area contributed by atoms with Crippen molar-refractivity contribution in [3.8, 4) is 17.2 Å². The highest BCUT2D eigenvalue weighted by molar-refractivity contribution is 5.54. The fourth-order valence-electron chi connectivity index (χ4n) is 4.25. The maximum atomic E-state index is 11.2. The Hall–Kier alpha value is -3.02. The Bertz CT molecular complexity index is 1090. The van der Waals surface area contributed by atoms with Crippen molar-refractivity contribution in [3.63, 3.8) is 0 Å². The lowest BCUT2D eigenvalue weighted by molar-refractivity contribution is 0.274. The van der Waals surface area contributed by atoms with Crippen LogP contribution in [-0.4, -0.2) is 25.5 Å². The normalized spacial score (nSPS) is 11.7. The molecule has 5 heteroatoms. The van der Waals surface area contributed by atoms with Crippen LogP contribution >= 0.6 is 0 Å². The molecule has 0 spiro atoms. The zero-order valence-corrected chi connectivity index (χ0v) is 20.0. The highest BCUT2D eigenvalue weighted by Gasteiger charge is 2.21. The standard InChI is InChI=1S/C28H34O5/c1-16-6-18(26(32)22(8-16)14-29)10-20-12-24(28(3,4)5)13-21(25(20)31)11-19-7-17(2)9-23(15-30)27(19)33/h6-9,12-13,29-33H,10-11,14-15H2,1-5H3. The van der Waals surface area contributed by atoms with E-state index in [0.717, 1.165) is 16.7 Å². The number of rotatable bonds is 6. The summed E-state index contributed by atoms with van der Waals surface area (Å²) >= 11 is 0. The molecule has 0 aliphatic heterocycles. The van der Waals surface area contributed by atoms with Gasteiger partial charge in [0.05, 0.1) is 13.2 Å². The molecule has 5 N–H and O–H groups in total. The molecule has 0 bridgehead atoms. The number of phenolic OH excluding ortho intramolecular Hbond substituents is 1. The molecule has 0 unspecified atom stereocenters. The van der Waals surface area contributed by atoms with Gasteiger partial charge in [0.1, 0.15) is 17.2 Å². The molecular formula is C28H34O5. The third-order valence-corrected chi connectivity index (χ3v) is 6.06. The lowest BCUT2D eigenvalue weighted by atomic mass is 9.82. The van der Waals surface area contributed by atoms with Gasteiger partial charge in [-0.15, -0.1) is 0 Å². The minimum Gasteiger partial charge on any atom is -0.507 e. The molecule has 0 radical (unpaired) electrons. The lowest BCUT2D eigenvalue weighted by Crippen LogP contribution is -2.13. The third-order valence-electron chi connectivity index (χ3n) is 6.06. The number of aliphatic hydroxyl groups is 2. The van der Waals surface area contributed by atoms with E-state index in [-0.39, 0.29) is 35.9 Å². The summed E-state index contributed by atoms with van der Waals surface area (Å²) in [5.41, 5.74) is 6.17. The average molecular weight is 451 g/mol. The topological polar surface area (TPSA) is 101 Å². The quantitative estimate of drug-likeness (QED) is 0.368. The van der Waals surface area contributed by atoms with Gasteiger partial charge in [-0.25, -0.2) is 0 Å². The summed E-state index contributed by atoms with van der Waals surface area (Å²) in [6.45, 7) is 9.55. The van der Waals surface area contributed by atoms with E-state index in [9.17, 15) is 25.5 Å². The number of phenols is 3. The van der Waals surface area contributed by atoms with E-state index in [4.69, 9.17) is 0 Å². The Morgan fingerprint density at radius 3 is 1.18 bits per heavy atom. The molecule has 33 heavy (non-hydrogen) atoms. The van der Waals surface area contributed by atoms with E-state index < -0.39 is 0 Å². The lowest BCUT2D eigenvalue weighted by Gasteiger charge is -2.23. The SMILES string of the molecule is Cc1cc(CO)c(O)c(Cc2cc(C(C)(C)C)cc(Cc3cc(C)cc(CO)c3O)c2O)c1. The predicted octanol–water partition coefficient (Wildman–Crippen LogP) is 4.88. The summed E-state index contributed by atoms with van der Waals surface area (Å²) in [6, 6.07) is 11.1. The zero-order valence-electron chi connectivity index (χ0n) is 20.0. The summed E-state index contributed by atoms with van der Waals surface area (Å²) in [6.07, 6.45) is 0.593. The van der Waals surface area contributed by atoms with Crippen LogP contribution in [-0.2, 0) is 31.5 Å². The molecule has 0 saturated carbocycles. The van der Waals surface area contributed by atoms with Crippen LogP contribution in [0.4, 0.5) is 0 Å². The number of aliphatic hydroxyl groups excluding tert-OH is 2. The van der Waals surface area contributed by atoms with Gasteiger partial charge in [0.15, 0.2) is 0 Å². The van der Waals surface area contributed by atoms with Gasteiger partial charge >= 0.3 is 0 Å². The van der Waals surface area contributed by atoms with Gasteiger partial charge in [0.2, 0.25) is 0 Å². The molecule has 0 aliphatic carbocycles. The molecule has 0 heterocycles. The van der Waals surface area contributed by atoms with E-state index in [1.54, 1.807) is 12.1 Å². The molecule has 0 aliphatic rings. The maximum Gasteiger partial charge on any atom is 0.124 e. The fourth-order valence-corrected chi connectivity index (χ4v) is 4.25. The van der Waals surface area contributed by atoms with Crippen molar-refractivity contribution in [2.45, 2.75) is 66.1 Å². The second-order valence-electron chi connectivity index (χ2n) is 9.93. The molecule has 0 fully saturated rings. The second-order valence-corrected chi connectivity index (χ2v) is 9.93. The Balaban J connectivity index is 2.14. The van der Waals surface area contributed by atoms with Crippen molar-refractivity contribution in [3.05, 3.63) is 86.5 Å². The van der Waals surface area contributed by atoms with Crippen LogP contribution in [0.3, 0.4) is 0 Å². The van der Waals surface area contributed by atoms with Crippen molar-refractivity contribution in [1.82, 2.24) is 0 Å². The zero-order chi connectivity index (χ0) is 24.5. The molecule has 0 aromatic heterocycles. The van der Waals surface area contributed by atoms with Crippen LogP contribution in [0.15, 0.2) is 36.4 Å². The summed E-state index contributed by atoms with van der Waals surface area (Å²) in [4.78, 5) is 0. The van der Waals surface area contributed by atoms with Crippen LogP contribution < -0.4 is 0 Å². The fraction of sp³-hybridized carbons (Fsp3) is 0.357. The van der Waals surface area contributed by atoms with E-state index in [1.807, 2.05) is 38.1 Å².